The third-order valence-electron chi connectivity index (χ3n) is 4.23. The smallest absolute Gasteiger partial charge is 0.254 e. The van der Waals surface area contributed by atoms with Crippen molar-refractivity contribution >= 4 is 11.7 Å². The number of aromatic nitrogens is 1. The van der Waals surface area contributed by atoms with Gasteiger partial charge in [-0.3, -0.25) is 4.79 Å². The molecule has 2 unspecified atom stereocenters. The molecule has 2 aliphatic rings. The Morgan fingerprint density at radius 2 is 2.32 bits per heavy atom. The molecule has 0 radical (unpaired) electrons. The molecule has 0 spiro atoms. The minimum atomic E-state index is 0.178. The van der Waals surface area contributed by atoms with E-state index in [1.54, 1.807) is 0 Å². The number of carbonyl (C=O) groups is 1. The van der Waals surface area contributed by atoms with Gasteiger partial charge in [0.1, 0.15) is 5.82 Å². The van der Waals surface area contributed by atoms with Gasteiger partial charge in [0.15, 0.2) is 0 Å². The molecule has 2 atom stereocenters. The van der Waals surface area contributed by atoms with Crippen molar-refractivity contribution in [2.45, 2.75) is 39.2 Å². The van der Waals surface area contributed by atoms with Crippen LogP contribution in [0.15, 0.2) is 12.1 Å². The van der Waals surface area contributed by atoms with E-state index < -0.39 is 0 Å². The summed E-state index contributed by atoms with van der Waals surface area (Å²) >= 11 is 0. The molecule has 1 N–H and O–H groups in total. The Morgan fingerprint density at radius 3 is 2.95 bits per heavy atom. The number of nitrogens with one attached hydrogen (secondary N) is 1. The third kappa shape index (κ3) is 2.31. The number of anilines is 1. The van der Waals surface area contributed by atoms with E-state index in [-0.39, 0.29) is 5.91 Å². The Labute approximate surface area is 114 Å². The van der Waals surface area contributed by atoms with Crippen LogP contribution in [0.1, 0.15) is 42.2 Å². The fourth-order valence-corrected chi connectivity index (χ4v) is 3.40. The second-order valence-corrected chi connectivity index (χ2v) is 5.70. The first-order valence-corrected chi connectivity index (χ1v) is 7.21. The molecule has 2 fully saturated rings. The number of piperidine rings is 1. The SMILES string of the molecule is CCNc1cc(C(=O)N2CC3CCC2C3)cc(C)n1. The van der Waals surface area contributed by atoms with Crippen LogP contribution in [-0.4, -0.2) is 34.9 Å². The molecule has 4 heteroatoms. The average molecular weight is 259 g/mol. The topological polar surface area (TPSA) is 45.2 Å². The van der Waals surface area contributed by atoms with Crippen LogP contribution in [0.2, 0.25) is 0 Å². The van der Waals surface area contributed by atoms with Gasteiger partial charge < -0.3 is 10.2 Å². The Morgan fingerprint density at radius 1 is 1.47 bits per heavy atom. The van der Waals surface area contributed by atoms with Crippen molar-refractivity contribution in [3.63, 3.8) is 0 Å². The zero-order valence-corrected chi connectivity index (χ0v) is 11.6. The summed E-state index contributed by atoms with van der Waals surface area (Å²) in [4.78, 5) is 19.1. The van der Waals surface area contributed by atoms with Crippen LogP contribution >= 0.6 is 0 Å². The van der Waals surface area contributed by atoms with Crippen molar-refractivity contribution in [2.75, 3.05) is 18.4 Å². The third-order valence-corrected chi connectivity index (χ3v) is 4.23. The van der Waals surface area contributed by atoms with Gasteiger partial charge in [0.2, 0.25) is 0 Å². The maximum Gasteiger partial charge on any atom is 0.254 e. The number of likely N-dealkylation sites (tertiary alicyclic amines) is 1. The molecule has 2 bridgehead atoms. The minimum Gasteiger partial charge on any atom is -0.370 e. The maximum atomic E-state index is 12.6. The van der Waals surface area contributed by atoms with Gasteiger partial charge >= 0.3 is 0 Å². The minimum absolute atomic E-state index is 0.178. The molecule has 3 rings (SSSR count). The average Bonchev–Trinajstić information content (AvgIpc) is 2.99. The molecule has 2 heterocycles. The fraction of sp³-hybridized carbons (Fsp3) is 0.600. The number of fused-ring (bicyclic) bond motifs is 2. The van der Waals surface area contributed by atoms with Gasteiger partial charge in [-0.25, -0.2) is 4.98 Å². The van der Waals surface area contributed by atoms with Crippen molar-refractivity contribution in [3.8, 4) is 0 Å². The first kappa shape index (κ1) is 12.5. The van der Waals surface area contributed by atoms with E-state index in [9.17, 15) is 4.79 Å². The second-order valence-electron chi connectivity index (χ2n) is 5.70. The Hall–Kier alpha value is -1.58. The van der Waals surface area contributed by atoms with Crippen LogP contribution < -0.4 is 5.32 Å². The van der Waals surface area contributed by atoms with Crippen LogP contribution in [0.25, 0.3) is 0 Å². The van der Waals surface area contributed by atoms with E-state index in [2.05, 4.69) is 15.2 Å². The highest BCUT2D eigenvalue weighted by Gasteiger charge is 2.40. The van der Waals surface area contributed by atoms with E-state index in [4.69, 9.17) is 0 Å². The van der Waals surface area contributed by atoms with Gasteiger partial charge in [0, 0.05) is 30.4 Å². The lowest BCUT2D eigenvalue weighted by molar-refractivity contribution is 0.0703. The number of hydrogen-bond acceptors (Lipinski definition) is 3. The summed E-state index contributed by atoms with van der Waals surface area (Å²) in [5.41, 5.74) is 1.67. The first-order valence-electron chi connectivity index (χ1n) is 7.21. The summed E-state index contributed by atoms with van der Waals surface area (Å²) in [6.45, 7) is 5.73. The van der Waals surface area contributed by atoms with E-state index in [1.807, 2.05) is 26.0 Å². The molecule has 1 aliphatic heterocycles. The lowest BCUT2D eigenvalue weighted by Crippen LogP contribution is -2.37. The summed E-state index contributed by atoms with van der Waals surface area (Å²) < 4.78 is 0. The summed E-state index contributed by atoms with van der Waals surface area (Å²) in [7, 11) is 0. The van der Waals surface area contributed by atoms with Crippen molar-refractivity contribution in [2.24, 2.45) is 5.92 Å². The summed E-state index contributed by atoms with van der Waals surface area (Å²) in [5, 5.41) is 3.19. The molecule has 1 amide bonds. The van der Waals surface area contributed by atoms with Crippen molar-refractivity contribution in [3.05, 3.63) is 23.4 Å². The fourth-order valence-electron chi connectivity index (χ4n) is 3.40. The summed E-state index contributed by atoms with van der Waals surface area (Å²) in [6, 6.07) is 4.26. The zero-order valence-electron chi connectivity index (χ0n) is 11.6. The van der Waals surface area contributed by atoms with Crippen molar-refractivity contribution < 1.29 is 4.79 Å². The quantitative estimate of drug-likeness (QED) is 0.907. The van der Waals surface area contributed by atoms with Gasteiger partial charge in [-0.2, -0.15) is 0 Å². The summed E-state index contributed by atoms with van der Waals surface area (Å²) in [6.07, 6.45) is 3.68. The van der Waals surface area contributed by atoms with Crippen molar-refractivity contribution in [1.29, 1.82) is 0 Å². The van der Waals surface area contributed by atoms with Crippen LogP contribution in [0.5, 0.6) is 0 Å². The van der Waals surface area contributed by atoms with E-state index >= 15 is 0 Å². The van der Waals surface area contributed by atoms with Gasteiger partial charge in [0.05, 0.1) is 0 Å². The van der Waals surface area contributed by atoms with Crippen LogP contribution in [0.4, 0.5) is 5.82 Å². The van der Waals surface area contributed by atoms with Crippen LogP contribution in [0, 0.1) is 12.8 Å². The highest BCUT2D eigenvalue weighted by molar-refractivity contribution is 5.95. The molecule has 4 nitrogen and oxygen atoms in total. The number of pyridine rings is 1. The molecular weight excluding hydrogens is 238 g/mol. The number of amides is 1. The monoisotopic (exact) mass is 259 g/mol. The molecule has 1 aromatic heterocycles. The van der Waals surface area contributed by atoms with Crippen LogP contribution in [0.3, 0.4) is 0 Å². The molecular formula is C15H21N3O. The highest BCUT2D eigenvalue weighted by atomic mass is 16.2. The van der Waals surface area contributed by atoms with Crippen LogP contribution in [-0.2, 0) is 0 Å². The van der Waals surface area contributed by atoms with Gasteiger partial charge in [0.25, 0.3) is 5.91 Å². The molecule has 1 aliphatic carbocycles. The van der Waals surface area contributed by atoms with Gasteiger partial charge in [-0.15, -0.1) is 0 Å². The number of aryl methyl sites for hydroxylation is 1. The zero-order chi connectivity index (χ0) is 13.4. The lowest BCUT2D eigenvalue weighted by atomic mass is 10.1. The van der Waals surface area contributed by atoms with Gasteiger partial charge in [-0.1, -0.05) is 0 Å². The first-order chi connectivity index (χ1) is 9.17. The number of nitrogens with zero attached hydrogens (tertiary/aromatic N) is 2. The van der Waals surface area contributed by atoms with E-state index in [0.717, 1.165) is 36.1 Å². The molecule has 0 aromatic carbocycles. The molecule has 1 saturated heterocycles. The largest absolute Gasteiger partial charge is 0.370 e. The highest BCUT2D eigenvalue weighted by Crippen LogP contribution is 2.38. The van der Waals surface area contributed by atoms with Gasteiger partial charge in [-0.05, 0) is 51.2 Å². The van der Waals surface area contributed by atoms with E-state index in [0.29, 0.717) is 6.04 Å². The van der Waals surface area contributed by atoms with E-state index in [1.165, 1.54) is 19.3 Å². The predicted octanol–water partition coefficient (Wildman–Crippen LogP) is 2.45. The number of carbonyl (C=O) groups excluding carboxylic acids is 1. The normalized spacial score (nSPS) is 24.8. The molecule has 102 valence electrons. The Kier molecular flexibility index (Phi) is 3.17. The molecule has 1 aromatic rings. The molecule has 1 saturated carbocycles. The second kappa shape index (κ2) is 4.83. The lowest BCUT2D eigenvalue weighted by Gasteiger charge is -2.27. The Balaban J connectivity index is 1.83. The summed E-state index contributed by atoms with van der Waals surface area (Å²) in [5.74, 6) is 1.72. The standard InChI is InChI=1S/C15H21N3O/c1-3-16-14-8-12(6-10(2)17-14)15(19)18-9-11-4-5-13(18)7-11/h6,8,11,13H,3-5,7,9H2,1-2H3,(H,16,17). The maximum absolute atomic E-state index is 12.6. The number of rotatable bonds is 3. The van der Waals surface area contributed by atoms with Crippen molar-refractivity contribution in [1.82, 2.24) is 9.88 Å². The molecule has 19 heavy (non-hydrogen) atoms. The Bertz CT molecular complexity index is 500. The predicted molar refractivity (Wildman–Crippen MR) is 75.3 cm³/mol. The number of hydrogen-bond donors (Lipinski definition) is 1.